The first-order valence-corrected chi connectivity index (χ1v) is 11.6. The number of anilines is 3. The second-order valence-electron chi connectivity index (χ2n) is 8.50. The molecule has 6 aromatic rings. The fourth-order valence-corrected chi connectivity index (χ4v) is 4.09. The molecule has 11 nitrogen and oxygen atoms in total. The third-order valence-corrected chi connectivity index (χ3v) is 5.90. The zero-order valence-corrected chi connectivity index (χ0v) is 20.0. The molecule has 0 aliphatic heterocycles. The molecule has 0 aliphatic rings. The van der Waals surface area contributed by atoms with Crippen LogP contribution in [0.3, 0.4) is 0 Å². The summed E-state index contributed by atoms with van der Waals surface area (Å²) in [6, 6.07) is 20.5. The van der Waals surface area contributed by atoms with Gasteiger partial charge in [-0.15, -0.1) is 10.2 Å². The number of aromatic nitrogens is 6. The van der Waals surface area contributed by atoms with Crippen LogP contribution >= 0.6 is 0 Å². The van der Waals surface area contributed by atoms with Gasteiger partial charge in [-0.2, -0.15) is 0 Å². The van der Waals surface area contributed by atoms with E-state index in [2.05, 4.69) is 35.8 Å². The van der Waals surface area contributed by atoms with Gasteiger partial charge in [0.2, 0.25) is 5.88 Å². The molecule has 1 amide bonds. The summed E-state index contributed by atoms with van der Waals surface area (Å²) in [5.74, 6) is 1.73. The summed E-state index contributed by atoms with van der Waals surface area (Å²) in [6.45, 7) is 1.95. The van der Waals surface area contributed by atoms with E-state index in [9.17, 15) is 4.79 Å². The van der Waals surface area contributed by atoms with Crippen LogP contribution in [0.1, 0.15) is 5.56 Å². The van der Waals surface area contributed by atoms with E-state index in [-0.39, 0.29) is 0 Å². The molecule has 3 aromatic carbocycles. The van der Waals surface area contributed by atoms with Gasteiger partial charge in [0.15, 0.2) is 5.65 Å². The van der Waals surface area contributed by atoms with Gasteiger partial charge >= 0.3 is 6.09 Å². The van der Waals surface area contributed by atoms with E-state index in [1.807, 2.05) is 49.4 Å². The fraction of sp³-hybridized carbons (Fsp3) is 0.0370. The maximum atomic E-state index is 11.0. The molecule has 38 heavy (non-hydrogen) atoms. The second kappa shape index (κ2) is 9.47. The highest BCUT2D eigenvalue weighted by molar-refractivity contribution is 5.94. The van der Waals surface area contributed by atoms with Crippen LogP contribution in [-0.4, -0.2) is 40.7 Å². The van der Waals surface area contributed by atoms with Crippen LogP contribution in [0, 0.1) is 6.92 Å². The molecule has 186 valence electrons. The first-order chi connectivity index (χ1) is 18.5. The average molecular weight is 505 g/mol. The predicted octanol–water partition coefficient (Wildman–Crippen LogP) is 5.67. The van der Waals surface area contributed by atoms with Crippen LogP contribution in [0.2, 0.25) is 0 Å². The van der Waals surface area contributed by atoms with Gasteiger partial charge in [0, 0.05) is 22.8 Å². The van der Waals surface area contributed by atoms with Gasteiger partial charge in [-0.3, -0.25) is 9.72 Å². The average Bonchev–Trinajstić information content (AvgIpc) is 3.38. The molecular formula is C27H20N8O3. The minimum Gasteiger partial charge on any atom is -0.465 e. The summed E-state index contributed by atoms with van der Waals surface area (Å²) in [5.41, 5.74) is 5.41. The number of nitrogens with one attached hydrogen (secondary N) is 2. The van der Waals surface area contributed by atoms with Gasteiger partial charge in [-0.25, -0.2) is 19.7 Å². The van der Waals surface area contributed by atoms with Crippen LogP contribution in [0.5, 0.6) is 11.6 Å². The van der Waals surface area contributed by atoms with E-state index < -0.39 is 6.09 Å². The summed E-state index contributed by atoms with van der Waals surface area (Å²) >= 11 is 0. The third-order valence-electron chi connectivity index (χ3n) is 5.90. The number of amides is 1. The Morgan fingerprint density at radius 1 is 0.921 bits per heavy atom. The number of rotatable bonds is 6. The monoisotopic (exact) mass is 504 g/mol. The highest BCUT2D eigenvalue weighted by Gasteiger charge is 2.10. The Balaban J connectivity index is 1.27. The van der Waals surface area contributed by atoms with Crippen molar-refractivity contribution in [2.24, 2.45) is 0 Å². The summed E-state index contributed by atoms with van der Waals surface area (Å²) in [7, 11) is 0. The summed E-state index contributed by atoms with van der Waals surface area (Å²) < 4.78 is 7.68. The molecule has 0 atom stereocenters. The number of carbonyl (C=O) groups is 1. The van der Waals surface area contributed by atoms with Crippen molar-refractivity contribution in [3.63, 3.8) is 0 Å². The van der Waals surface area contributed by atoms with Gasteiger partial charge in [-0.05, 0) is 66.1 Å². The van der Waals surface area contributed by atoms with Gasteiger partial charge in [0.05, 0.1) is 5.52 Å². The lowest BCUT2D eigenvalue weighted by atomic mass is 10.0. The molecule has 11 heteroatoms. The molecule has 0 saturated heterocycles. The Labute approximate surface area is 215 Å². The Morgan fingerprint density at radius 3 is 2.68 bits per heavy atom. The molecule has 6 rings (SSSR count). The maximum absolute atomic E-state index is 11.0. The van der Waals surface area contributed by atoms with E-state index in [1.165, 1.54) is 6.33 Å². The fourth-order valence-electron chi connectivity index (χ4n) is 4.09. The van der Waals surface area contributed by atoms with E-state index in [1.54, 1.807) is 41.3 Å². The molecule has 0 bridgehead atoms. The van der Waals surface area contributed by atoms with Crippen LogP contribution < -0.4 is 15.4 Å². The molecule has 0 saturated carbocycles. The zero-order chi connectivity index (χ0) is 26.1. The van der Waals surface area contributed by atoms with Crippen molar-refractivity contribution < 1.29 is 14.6 Å². The number of nitrogens with zero attached hydrogens (tertiary/aromatic N) is 6. The van der Waals surface area contributed by atoms with Gasteiger partial charge in [0.1, 0.15) is 30.5 Å². The first-order valence-electron chi connectivity index (χ1n) is 11.6. The third kappa shape index (κ3) is 4.63. The molecule has 3 heterocycles. The summed E-state index contributed by atoms with van der Waals surface area (Å²) in [5, 5.41) is 23.5. The quantitative estimate of drug-likeness (QED) is 0.262. The topological polar surface area (TPSA) is 139 Å². The van der Waals surface area contributed by atoms with Gasteiger partial charge < -0.3 is 15.2 Å². The molecule has 0 aliphatic carbocycles. The van der Waals surface area contributed by atoms with E-state index in [0.717, 1.165) is 33.3 Å². The number of hydrogen-bond donors (Lipinski definition) is 3. The number of benzene rings is 3. The highest BCUT2D eigenvalue weighted by atomic mass is 16.5. The minimum atomic E-state index is -1.11. The SMILES string of the molecule is Cc1cc(Nc2ncnc3ccc(-c4cccc(NC(=O)O)c4)cc23)ccc1Oc1cc2nncn2cn1. The van der Waals surface area contributed by atoms with Gasteiger partial charge in [-0.1, -0.05) is 18.2 Å². The molecule has 3 aromatic heterocycles. The Morgan fingerprint density at radius 2 is 1.82 bits per heavy atom. The van der Waals surface area contributed by atoms with Gasteiger partial charge in [0.25, 0.3) is 0 Å². The van der Waals surface area contributed by atoms with E-state index in [4.69, 9.17) is 9.84 Å². The second-order valence-corrected chi connectivity index (χ2v) is 8.50. The van der Waals surface area contributed by atoms with Crippen molar-refractivity contribution >= 4 is 39.8 Å². The van der Waals surface area contributed by atoms with Crippen molar-refractivity contribution in [3.8, 4) is 22.8 Å². The molecule has 0 radical (unpaired) electrons. The first kappa shape index (κ1) is 22.9. The standard InChI is InChI=1S/C27H20N8O3/c1-16-9-20(6-8-23(16)38-25-12-24-34-31-15-35(24)14-30-25)32-26-21-11-18(5-7-22(21)28-13-29-26)17-3-2-4-19(10-17)33-27(36)37/h2-15,33H,1H3,(H,36,37)(H,28,29,32). The van der Waals surface area contributed by atoms with Crippen molar-refractivity contribution in [1.29, 1.82) is 0 Å². The largest absolute Gasteiger partial charge is 0.465 e. The maximum Gasteiger partial charge on any atom is 0.409 e. The Kier molecular flexibility index (Phi) is 5.69. The molecule has 0 spiro atoms. The number of hydrogen-bond acceptors (Lipinski definition) is 8. The smallest absolute Gasteiger partial charge is 0.409 e. The zero-order valence-electron chi connectivity index (χ0n) is 20.0. The van der Waals surface area contributed by atoms with E-state index >= 15 is 0 Å². The number of carboxylic acid groups (broad SMARTS) is 1. The highest BCUT2D eigenvalue weighted by Crippen LogP contribution is 2.32. The number of fused-ring (bicyclic) bond motifs is 2. The molecule has 0 fully saturated rings. The lowest BCUT2D eigenvalue weighted by Gasteiger charge is -2.13. The molecule has 3 N–H and O–H groups in total. The minimum absolute atomic E-state index is 0.422. The molecule has 0 unspecified atom stereocenters. The van der Waals surface area contributed by atoms with Crippen molar-refractivity contribution in [2.75, 3.05) is 10.6 Å². The molecular weight excluding hydrogens is 484 g/mol. The normalized spacial score (nSPS) is 11.0. The number of ether oxygens (including phenoxy) is 1. The van der Waals surface area contributed by atoms with Crippen molar-refractivity contribution in [1.82, 2.24) is 29.5 Å². The Hall–Kier alpha value is -5.58. The van der Waals surface area contributed by atoms with Crippen LogP contribution in [-0.2, 0) is 0 Å². The van der Waals surface area contributed by atoms with Crippen molar-refractivity contribution in [2.45, 2.75) is 6.92 Å². The summed E-state index contributed by atoms with van der Waals surface area (Å²) in [6.07, 6.45) is 3.58. The Bertz CT molecular complexity index is 1820. The lowest BCUT2D eigenvalue weighted by molar-refractivity contribution is 0.210. The number of aryl methyl sites for hydroxylation is 1. The van der Waals surface area contributed by atoms with E-state index in [0.29, 0.717) is 28.8 Å². The van der Waals surface area contributed by atoms with Crippen LogP contribution in [0.25, 0.3) is 27.7 Å². The van der Waals surface area contributed by atoms with Crippen LogP contribution in [0.4, 0.5) is 22.0 Å². The summed E-state index contributed by atoms with van der Waals surface area (Å²) in [4.78, 5) is 24.2. The lowest BCUT2D eigenvalue weighted by Crippen LogP contribution is -2.06. The van der Waals surface area contributed by atoms with Crippen LogP contribution in [0.15, 0.2) is 85.7 Å². The predicted molar refractivity (Wildman–Crippen MR) is 142 cm³/mol. The van der Waals surface area contributed by atoms with Crippen molar-refractivity contribution in [3.05, 3.63) is 91.3 Å².